The van der Waals surface area contributed by atoms with Crippen molar-refractivity contribution in [2.24, 2.45) is 11.5 Å². The number of rotatable bonds is 4. The van der Waals surface area contributed by atoms with Gasteiger partial charge in [0.15, 0.2) is 0 Å². The van der Waals surface area contributed by atoms with Crippen molar-refractivity contribution >= 4 is 34.5 Å². The number of aliphatic hydroxyl groups excluding tert-OH is 2. The molecule has 7 N–H and O–H groups in total. The number of hydrogen-bond donors (Lipinski definition) is 5. The average Bonchev–Trinajstić information content (AvgIpc) is 3.11. The van der Waals surface area contributed by atoms with Crippen LogP contribution in [-0.4, -0.2) is 75.6 Å². The Kier molecular flexibility index (Phi) is 5.81. The smallest absolute Gasteiger partial charge is 0.336 e. The topological polar surface area (TPSA) is 180 Å². The van der Waals surface area contributed by atoms with Crippen LogP contribution in [0, 0.1) is 6.92 Å². The molecule has 34 heavy (non-hydrogen) atoms. The van der Waals surface area contributed by atoms with Gasteiger partial charge in [0, 0.05) is 61.5 Å². The second-order valence-electron chi connectivity index (χ2n) is 9.04. The Hall–Kier alpha value is -3.32. The molecule has 1 aromatic carbocycles. The summed E-state index contributed by atoms with van der Waals surface area (Å²) in [4.78, 5) is 29.1. The molecule has 0 saturated carbocycles. The Morgan fingerprint density at radius 1 is 0.971 bits per heavy atom. The van der Waals surface area contributed by atoms with E-state index in [2.05, 4.69) is 20.3 Å². The molecule has 12 nitrogen and oxygen atoms in total. The maximum atomic E-state index is 11.8. The van der Waals surface area contributed by atoms with Gasteiger partial charge in [-0.25, -0.2) is 4.79 Å². The number of fused-ring (bicyclic) bond motifs is 1. The lowest BCUT2D eigenvalue weighted by molar-refractivity contribution is 0.0572. The molecule has 0 aliphatic carbocycles. The third-order valence-corrected chi connectivity index (χ3v) is 6.16. The first kappa shape index (κ1) is 22.5. The van der Waals surface area contributed by atoms with Gasteiger partial charge >= 0.3 is 5.63 Å². The van der Waals surface area contributed by atoms with Crippen LogP contribution in [0.3, 0.4) is 0 Å². The summed E-state index contributed by atoms with van der Waals surface area (Å²) in [5.41, 5.74) is 13.8. The lowest BCUT2D eigenvalue weighted by Crippen LogP contribution is -2.53. The second-order valence-corrected chi connectivity index (χ2v) is 9.04. The standard InChI is InChI=1S/C22H28N8O4/c1-11-4-19(33)34-18-6-14(2-3-15(11)18)25-20-26-21(29-7-12(23)5-13(24)8-29)28-22(27-20)30-9-16(31)17(32)10-30/h2-4,6,12-13,16-17,31-32H,5,7-10,23-24H2,1H3,(H,25,26,27,28)/t12-,13+,16-,17+. The first-order chi connectivity index (χ1) is 16.2. The molecule has 2 fully saturated rings. The highest BCUT2D eigenvalue weighted by atomic mass is 16.4. The zero-order valence-corrected chi connectivity index (χ0v) is 18.8. The van der Waals surface area contributed by atoms with E-state index in [1.165, 1.54) is 6.07 Å². The molecule has 0 amide bonds. The summed E-state index contributed by atoms with van der Waals surface area (Å²) in [6.07, 6.45) is -1.06. The number of aromatic nitrogens is 3. The zero-order valence-electron chi connectivity index (χ0n) is 18.8. The monoisotopic (exact) mass is 468 g/mol. The second kappa shape index (κ2) is 8.80. The maximum Gasteiger partial charge on any atom is 0.336 e. The van der Waals surface area contributed by atoms with Gasteiger partial charge in [-0.3, -0.25) is 0 Å². The van der Waals surface area contributed by atoms with Gasteiger partial charge in [0.1, 0.15) is 5.58 Å². The number of nitrogens with one attached hydrogen (secondary N) is 1. The van der Waals surface area contributed by atoms with Crippen molar-refractivity contribution in [2.45, 2.75) is 37.6 Å². The molecular weight excluding hydrogens is 440 g/mol. The van der Waals surface area contributed by atoms with E-state index >= 15 is 0 Å². The third kappa shape index (κ3) is 4.53. The van der Waals surface area contributed by atoms with Gasteiger partial charge in [-0.2, -0.15) is 15.0 Å². The zero-order chi connectivity index (χ0) is 24.0. The molecule has 0 unspecified atom stereocenters. The highest BCUT2D eigenvalue weighted by Gasteiger charge is 2.32. The van der Waals surface area contributed by atoms with Crippen LogP contribution in [-0.2, 0) is 0 Å². The summed E-state index contributed by atoms with van der Waals surface area (Å²) in [7, 11) is 0. The molecule has 0 radical (unpaired) electrons. The number of nitrogens with zero attached hydrogens (tertiary/aromatic N) is 5. The predicted molar refractivity (Wildman–Crippen MR) is 127 cm³/mol. The summed E-state index contributed by atoms with van der Waals surface area (Å²) < 4.78 is 5.34. The van der Waals surface area contributed by atoms with E-state index < -0.39 is 17.8 Å². The number of nitrogens with two attached hydrogens (primary N) is 2. The molecule has 3 aromatic rings. The highest BCUT2D eigenvalue weighted by Crippen LogP contribution is 2.26. The third-order valence-electron chi connectivity index (χ3n) is 6.16. The minimum absolute atomic E-state index is 0.109. The van der Waals surface area contributed by atoms with Crippen LogP contribution >= 0.6 is 0 Å². The molecule has 180 valence electrons. The Morgan fingerprint density at radius 3 is 2.24 bits per heavy atom. The van der Waals surface area contributed by atoms with Crippen molar-refractivity contribution in [2.75, 3.05) is 41.3 Å². The van der Waals surface area contributed by atoms with Crippen molar-refractivity contribution in [1.82, 2.24) is 15.0 Å². The van der Waals surface area contributed by atoms with E-state index in [0.29, 0.717) is 42.7 Å². The Labute approximate surface area is 195 Å². The van der Waals surface area contributed by atoms with Gasteiger partial charge in [0.25, 0.3) is 0 Å². The molecule has 4 atom stereocenters. The van der Waals surface area contributed by atoms with Gasteiger partial charge in [0.05, 0.1) is 12.2 Å². The van der Waals surface area contributed by atoms with Gasteiger partial charge < -0.3 is 41.2 Å². The summed E-state index contributed by atoms with van der Waals surface area (Å²) in [6.45, 7) is 3.33. The number of benzene rings is 1. The van der Waals surface area contributed by atoms with Crippen molar-refractivity contribution in [1.29, 1.82) is 0 Å². The number of anilines is 4. The minimum atomic E-state index is -0.889. The molecule has 0 spiro atoms. The van der Waals surface area contributed by atoms with E-state index in [1.807, 2.05) is 24.0 Å². The molecule has 2 saturated heterocycles. The van der Waals surface area contributed by atoms with Gasteiger partial charge in [-0.05, 0) is 31.0 Å². The lowest BCUT2D eigenvalue weighted by atomic mass is 10.0. The van der Waals surface area contributed by atoms with Crippen molar-refractivity contribution in [3.8, 4) is 0 Å². The molecule has 4 heterocycles. The fourth-order valence-corrected chi connectivity index (χ4v) is 4.50. The average molecular weight is 469 g/mol. The minimum Gasteiger partial charge on any atom is -0.423 e. The van der Waals surface area contributed by atoms with Crippen LogP contribution in [0.25, 0.3) is 11.0 Å². The summed E-state index contributed by atoms with van der Waals surface area (Å²) in [5, 5.41) is 24.0. The number of β-amino-alcohol motifs (C(OH)–C–C–N with tert-alkyl or cyclic N) is 2. The molecule has 2 aliphatic rings. The first-order valence-electron chi connectivity index (χ1n) is 11.2. The number of hydrogen-bond acceptors (Lipinski definition) is 12. The maximum absolute atomic E-state index is 11.8. The molecule has 0 bridgehead atoms. The van der Waals surface area contributed by atoms with Crippen LogP contribution < -0.4 is 32.2 Å². The Balaban J connectivity index is 1.51. The normalized spacial score (nSPS) is 25.2. The molecule has 2 aliphatic heterocycles. The summed E-state index contributed by atoms with van der Waals surface area (Å²) in [6, 6.07) is 6.64. The van der Waals surface area contributed by atoms with Gasteiger partial charge in [0.2, 0.25) is 17.8 Å². The van der Waals surface area contributed by atoms with Crippen LogP contribution in [0.4, 0.5) is 23.5 Å². The summed E-state index contributed by atoms with van der Waals surface area (Å²) in [5.74, 6) is 0.981. The van der Waals surface area contributed by atoms with Gasteiger partial charge in [-0.1, -0.05) is 0 Å². The van der Waals surface area contributed by atoms with E-state index in [9.17, 15) is 15.0 Å². The van der Waals surface area contributed by atoms with Crippen LogP contribution in [0.2, 0.25) is 0 Å². The van der Waals surface area contributed by atoms with E-state index in [4.69, 9.17) is 15.9 Å². The molecule has 2 aromatic heterocycles. The van der Waals surface area contributed by atoms with Crippen molar-refractivity contribution in [3.05, 3.63) is 40.2 Å². The van der Waals surface area contributed by atoms with E-state index in [-0.39, 0.29) is 31.1 Å². The van der Waals surface area contributed by atoms with Crippen molar-refractivity contribution in [3.63, 3.8) is 0 Å². The number of aliphatic hydroxyl groups is 2. The Morgan fingerprint density at radius 2 is 1.59 bits per heavy atom. The van der Waals surface area contributed by atoms with E-state index in [1.54, 1.807) is 11.0 Å². The summed E-state index contributed by atoms with van der Waals surface area (Å²) >= 11 is 0. The van der Waals surface area contributed by atoms with Gasteiger partial charge in [-0.15, -0.1) is 0 Å². The largest absolute Gasteiger partial charge is 0.423 e. The van der Waals surface area contributed by atoms with Crippen molar-refractivity contribution < 1.29 is 14.6 Å². The SMILES string of the molecule is Cc1cc(=O)oc2cc(Nc3nc(N4C[C@H](N)C[C@H](N)C4)nc(N4C[C@@H](O)[C@@H](O)C4)n3)ccc12. The predicted octanol–water partition coefficient (Wildman–Crippen LogP) is -0.563. The number of aryl methyl sites for hydroxylation is 1. The Bertz CT molecular complexity index is 1250. The fourth-order valence-electron chi connectivity index (χ4n) is 4.50. The van der Waals surface area contributed by atoms with Crippen LogP contribution in [0.15, 0.2) is 33.5 Å². The van der Waals surface area contributed by atoms with E-state index in [0.717, 1.165) is 10.9 Å². The molecular formula is C22H28N8O4. The lowest BCUT2D eigenvalue weighted by Gasteiger charge is -2.35. The first-order valence-corrected chi connectivity index (χ1v) is 11.2. The quantitative estimate of drug-likeness (QED) is 0.308. The molecule has 12 heteroatoms. The fraction of sp³-hybridized carbons (Fsp3) is 0.455. The van der Waals surface area contributed by atoms with Crippen LogP contribution in [0.5, 0.6) is 0 Å². The highest BCUT2D eigenvalue weighted by molar-refractivity contribution is 5.83. The van der Waals surface area contributed by atoms with Crippen LogP contribution in [0.1, 0.15) is 12.0 Å². The molecule has 5 rings (SSSR count). The number of piperidine rings is 1.